The molecule has 1 fully saturated rings. The fourth-order valence-corrected chi connectivity index (χ4v) is 3.19. The smallest absolute Gasteiger partial charge is 0.340 e. The summed E-state index contributed by atoms with van der Waals surface area (Å²) in [6, 6.07) is 9.34. The lowest BCUT2D eigenvalue weighted by Gasteiger charge is -2.16. The molecule has 2 heterocycles. The van der Waals surface area contributed by atoms with Crippen LogP contribution in [0.25, 0.3) is 0 Å². The summed E-state index contributed by atoms with van der Waals surface area (Å²) in [4.78, 5) is 36.6. The first-order valence-corrected chi connectivity index (χ1v) is 9.15. The van der Waals surface area contributed by atoms with Crippen molar-refractivity contribution >= 4 is 5.91 Å². The van der Waals surface area contributed by atoms with Crippen molar-refractivity contribution in [3.05, 3.63) is 68.7 Å². The third kappa shape index (κ3) is 4.51. The molecule has 0 aliphatic carbocycles. The van der Waals surface area contributed by atoms with Gasteiger partial charge in [-0.3, -0.25) is 14.2 Å². The quantitative estimate of drug-likeness (QED) is 0.662. The number of carbonyl (C=O) groups excluding carboxylic acids is 1. The van der Waals surface area contributed by atoms with E-state index in [1.54, 1.807) is 0 Å². The zero-order valence-corrected chi connectivity index (χ0v) is 15.6. The van der Waals surface area contributed by atoms with Gasteiger partial charge in [-0.15, -0.1) is 0 Å². The van der Waals surface area contributed by atoms with E-state index in [2.05, 4.69) is 0 Å². The van der Waals surface area contributed by atoms with Crippen LogP contribution in [0.1, 0.15) is 29.4 Å². The summed E-state index contributed by atoms with van der Waals surface area (Å²) in [7, 11) is 0. The van der Waals surface area contributed by atoms with Crippen molar-refractivity contribution in [3.63, 3.8) is 0 Å². The minimum absolute atomic E-state index is 0.0941. The van der Waals surface area contributed by atoms with Crippen molar-refractivity contribution in [1.82, 2.24) is 9.13 Å². The van der Waals surface area contributed by atoms with Crippen LogP contribution in [0.3, 0.4) is 0 Å². The van der Waals surface area contributed by atoms with E-state index in [0.717, 1.165) is 10.1 Å². The summed E-state index contributed by atoms with van der Waals surface area (Å²) >= 11 is 0. The van der Waals surface area contributed by atoms with Crippen LogP contribution in [-0.2, 0) is 16.1 Å². The van der Waals surface area contributed by atoms with Crippen molar-refractivity contribution < 1.29 is 23.8 Å². The first-order chi connectivity index (χ1) is 14.0. The van der Waals surface area contributed by atoms with Crippen molar-refractivity contribution in [2.75, 3.05) is 13.2 Å². The van der Waals surface area contributed by atoms with Crippen LogP contribution in [0.2, 0.25) is 0 Å². The van der Waals surface area contributed by atoms with Crippen LogP contribution >= 0.6 is 0 Å². The summed E-state index contributed by atoms with van der Waals surface area (Å²) in [6.45, 7) is -0.210. The fourth-order valence-electron chi connectivity index (χ4n) is 3.19. The predicted molar refractivity (Wildman–Crippen MR) is 99.8 cm³/mol. The first-order valence-electron chi connectivity index (χ1n) is 9.15. The van der Waals surface area contributed by atoms with Crippen molar-refractivity contribution in [3.8, 4) is 0 Å². The number of ether oxygens (including phenoxy) is 2. The number of carbonyl (C=O) groups is 1. The van der Waals surface area contributed by atoms with Gasteiger partial charge in [0, 0.05) is 19.4 Å². The van der Waals surface area contributed by atoms with E-state index in [0.29, 0.717) is 6.20 Å². The van der Waals surface area contributed by atoms with Gasteiger partial charge in [0.15, 0.2) is 0 Å². The number of aromatic nitrogens is 2. The predicted octanol–water partition coefficient (Wildman–Crippen LogP) is 0.00330. The Bertz CT molecular complexity index is 974. The van der Waals surface area contributed by atoms with Gasteiger partial charge >= 0.3 is 5.69 Å². The van der Waals surface area contributed by atoms with Crippen LogP contribution in [-0.4, -0.2) is 45.5 Å². The van der Waals surface area contributed by atoms with E-state index in [4.69, 9.17) is 15.2 Å². The molecule has 3 N–H and O–H groups in total. The summed E-state index contributed by atoms with van der Waals surface area (Å²) in [5, 5.41) is 9.59. The number of aliphatic hydroxyl groups excluding tert-OH is 1. The Morgan fingerprint density at radius 3 is 2.69 bits per heavy atom. The molecule has 1 aliphatic rings. The largest absolute Gasteiger partial charge is 0.394 e. The molecule has 9 nitrogen and oxygen atoms in total. The third-order valence-electron chi connectivity index (χ3n) is 4.66. The second kappa shape index (κ2) is 9.23. The zero-order valence-electron chi connectivity index (χ0n) is 15.6. The molecule has 0 radical (unpaired) electrons. The highest BCUT2D eigenvalue weighted by atomic mass is 19.1. The van der Waals surface area contributed by atoms with E-state index < -0.39 is 41.4 Å². The maximum Gasteiger partial charge on any atom is 0.340 e. The molecule has 10 heteroatoms. The Morgan fingerprint density at radius 2 is 2.03 bits per heavy atom. The minimum Gasteiger partial charge on any atom is -0.394 e. The van der Waals surface area contributed by atoms with E-state index in [1.807, 2.05) is 30.3 Å². The van der Waals surface area contributed by atoms with Crippen molar-refractivity contribution in [2.45, 2.75) is 37.9 Å². The first kappa shape index (κ1) is 21.1. The lowest BCUT2D eigenvalue weighted by atomic mass is 10.1. The molecule has 1 aromatic carbocycles. The van der Waals surface area contributed by atoms with E-state index in [9.17, 15) is 23.9 Å². The molecule has 2 aromatic rings. The standard InChI is InChI=1S/C19H22FN3O6/c20-13-9-22(19(27)23(18(13)26)16(25)6-7-21)17-8-14(15(10-24)29-17)28-11-12-4-2-1-3-5-12/h1-5,9,14-15,17,24H,6-8,10-11,21H2/t14-,15+,17+/m0/s1. The summed E-state index contributed by atoms with van der Waals surface area (Å²) in [5.41, 5.74) is 3.84. The summed E-state index contributed by atoms with van der Waals surface area (Å²) < 4.78 is 26.6. The Morgan fingerprint density at radius 1 is 1.31 bits per heavy atom. The lowest BCUT2D eigenvalue weighted by Crippen LogP contribution is -2.46. The molecule has 1 saturated heterocycles. The average molecular weight is 407 g/mol. The maximum absolute atomic E-state index is 14.1. The Hall–Kier alpha value is -2.66. The van der Waals surface area contributed by atoms with Crippen molar-refractivity contribution in [1.29, 1.82) is 0 Å². The molecular weight excluding hydrogens is 385 g/mol. The number of nitrogens with zero attached hydrogens (tertiary/aromatic N) is 2. The van der Waals surface area contributed by atoms with Gasteiger partial charge in [0.05, 0.1) is 25.5 Å². The van der Waals surface area contributed by atoms with Crippen molar-refractivity contribution in [2.24, 2.45) is 5.73 Å². The molecule has 0 unspecified atom stereocenters. The summed E-state index contributed by atoms with van der Waals surface area (Å²) in [5.74, 6) is -2.17. The van der Waals surface area contributed by atoms with Gasteiger partial charge in [-0.2, -0.15) is 8.96 Å². The molecule has 29 heavy (non-hydrogen) atoms. The molecule has 3 rings (SSSR count). The van der Waals surface area contributed by atoms with E-state index in [1.165, 1.54) is 0 Å². The Balaban J connectivity index is 1.84. The van der Waals surface area contributed by atoms with Gasteiger partial charge in [-0.1, -0.05) is 30.3 Å². The number of nitrogens with two attached hydrogens (primary N) is 1. The molecule has 0 spiro atoms. The molecule has 1 aromatic heterocycles. The zero-order chi connectivity index (χ0) is 21.0. The number of rotatable bonds is 7. The topological polar surface area (TPSA) is 126 Å². The highest BCUT2D eigenvalue weighted by Crippen LogP contribution is 2.30. The van der Waals surface area contributed by atoms with E-state index >= 15 is 0 Å². The van der Waals surface area contributed by atoms with Gasteiger partial charge < -0.3 is 20.3 Å². The van der Waals surface area contributed by atoms with Gasteiger partial charge in [0.1, 0.15) is 12.3 Å². The molecule has 3 atom stereocenters. The molecule has 0 bridgehead atoms. The second-order valence-electron chi connectivity index (χ2n) is 6.62. The molecule has 0 amide bonds. The number of aliphatic hydroxyl groups is 1. The van der Waals surface area contributed by atoms with Gasteiger partial charge in [-0.25, -0.2) is 4.79 Å². The molecule has 1 aliphatic heterocycles. The SMILES string of the molecule is NCCC(=O)n1c(=O)c(F)cn([C@H]2C[C@H](OCc3ccccc3)[C@@H](CO)O2)c1=O. The van der Waals surface area contributed by atoms with Gasteiger partial charge in [-0.05, 0) is 5.56 Å². The molecule has 0 saturated carbocycles. The number of benzene rings is 1. The van der Waals surface area contributed by atoms with Gasteiger partial charge in [0.25, 0.3) is 5.56 Å². The fraction of sp³-hybridized carbons (Fsp3) is 0.421. The minimum atomic E-state index is -1.33. The molecular formula is C19H22FN3O6. The second-order valence-corrected chi connectivity index (χ2v) is 6.62. The van der Waals surface area contributed by atoms with Crippen LogP contribution in [0.5, 0.6) is 0 Å². The van der Waals surface area contributed by atoms with Crippen LogP contribution in [0.15, 0.2) is 46.1 Å². The number of hydrogen-bond acceptors (Lipinski definition) is 7. The van der Waals surface area contributed by atoms with Crippen LogP contribution in [0, 0.1) is 5.82 Å². The normalized spacial score (nSPS) is 21.4. The van der Waals surface area contributed by atoms with E-state index in [-0.39, 0.29) is 37.2 Å². The van der Waals surface area contributed by atoms with Crippen LogP contribution in [0.4, 0.5) is 4.39 Å². The molecule has 156 valence electrons. The lowest BCUT2D eigenvalue weighted by molar-refractivity contribution is -0.0661. The monoisotopic (exact) mass is 407 g/mol. The Kier molecular flexibility index (Phi) is 6.70. The highest BCUT2D eigenvalue weighted by Gasteiger charge is 2.38. The average Bonchev–Trinajstić information content (AvgIpc) is 3.13. The maximum atomic E-state index is 14.1. The number of halogens is 1. The Labute approximate surface area is 165 Å². The third-order valence-corrected chi connectivity index (χ3v) is 4.66. The highest BCUT2D eigenvalue weighted by molar-refractivity contribution is 5.78. The van der Waals surface area contributed by atoms with Gasteiger partial charge in [0.2, 0.25) is 11.7 Å². The van der Waals surface area contributed by atoms with Crippen LogP contribution < -0.4 is 17.0 Å². The summed E-state index contributed by atoms with van der Waals surface area (Å²) in [6.07, 6.45) is -1.78. The number of hydrogen-bond donors (Lipinski definition) is 2.